The van der Waals surface area contributed by atoms with Crippen LogP contribution in [0.4, 0.5) is 0 Å². The fraction of sp³-hybridized carbons (Fsp3) is 0.533. The van der Waals surface area contributed by atoms with E-state index >= 15 is 0 Å². The Bertz CT molecular complexity index is 673. The van der Waals surface area contributed by atoms with Gasteiger partial charge in [0.15, 0.2) is 5.65 Å². The first-order valence-electron chi connectivity index (χ1n) is 7.43. The topological polar surface area (TPSA) is 63.1 Å². The van der Waals surface area contributed by atoms with Gasteiger partial charge in [-0.15, -0.1) is 24.8 Å². The summed E-state index contributed by atoms with van der Waals surface area (Å²) in [6.45, 7) is 8.62. The van der Waals surface area contributed by atoms with Crippen LogP contribution in [-0.2, 0) is 0 Å². The Hall–Kier alpha value is -1.37. The van der Waals surface area contributed by atoms with Crippen molar-refractivity contribution in [3.8, 4) is 0 Å². The second-order valence-electron chi connectivity index (χ2n) is 5.87. The zero-order valence-corrected chi connectivity index (χ0v) is 15.2. The first-order valence-corrected chi connectivity index (χ1v) is 7.43. The van der Waals surface area contributed by atoms with Crippen LogP contribution in [0.5, 0.6) is 0 Å². The number of hydrogen-bond acceptors (Lipinski definition) is 4. The fourth-order valence-electron chi connectivity index (χ4n) is 2.74. The smallest absolute Gasteiger partial charge is 0.255 e. The van der Waals surface area contributed by atoms with Crippen LogP contribution in [0.25, 0.3) is 11.0 Å². The molecule has 0 aromatic carbocycles. The highest BCUT2D eigenvalue weighted by Gasteiger charge is 2.24. The molecule has 2 aromatic heterocycles. The van der Waals surface area contributed by atoms with E-state index in [1.54, 1.807) is 12.4 Å². The van der Waals surface area contributed by atoms with Gasteiger partial charge in [0.2, 0.25) is 0 Å². The highest BCUT2D eigenvalue weighted by Crippen LogP contribution is 2.18. The Kier molecular flexibility index (Phi) is 6.80. The second kappa shape index (κ2) is 7.95. The van der Waals surface area contributed by atoms with Gasteiger partial charge in [-0.25, -0.2) is 9.67 Å². The maximum Gasteiger partial charge on any atom is 0.255 e. The summed E-state index contributed by atoms with van der Waals surface area (Å²) in [5.74, 6) is 0.0516. The molecular formula is C15H23Cl2N5O. The lowest BCUT2D eigenvalue weighted by atomic mass is 10.1. The minimum absolute atomic E-state index is 0. The summed E-state index contributed by atoms with van der Waals surface area (Å²) in [7, 11) is 0. The quantitative estimate of drug-likeness (QED) is 0.893. The summed E-state index contributed by atoms with van der Waals surface area (Å²) in [4.78, 5) is 19.0. The van der Waals surface area contributed by atoms with E-state index in [4.69, 9.17) is 0 Å². The molecule has 128 valence electrons. The van der Waals surface area contributed by atoms with Gasteiger partial charge in [0, 0.05) is 43.3 Å². The third-order valence-electron chi connectivity index (χ3n) is 3.93. The van der Waals surface area contributed by atoms with Crippen LogP contribution in [0.2, 0.25) is 0 Å². The molecule has 1 fully saturated rings. The summed E-state index contributed by atoms with van der Waals surface area (Å²) >= 11 is 0. The van der Waals surface area contributed by atoms with E-state index in [0.29, 0.717) is 5.56 Å². The summed E-state index contributed by atoms with van der Waals surface area (Å²) in [5, 5.41) is 8.55. The first kappa shape index (κ1) is 19.7. The van der Waals surface area contributed by atoms with E-state index in [1.807, 2.05) is 15.6 Å². The van der Waals surface area contributed by atoms with Gasteiger partial charge in [-0.05, 0) is 26.8 Å². The van der Waals surface area contributed by atoms with Crippen molar-refractivity contribution in [2.75, 3.05) is 19.6 Å². The van der Waals surface area contributed by atoms with Gasteiger partial charge in [-0.3, -0.25) is 4.79 Å². The summed E-state index contributed by atoms with van der Waals surface area (Å²) in [5.41, 5.74) is 1.47. The molecule has 0 spiro atoms. The van der Waals surface area contributed by atoms with Gasteiger partial charge in [-0.1, -0.05) is 0 Å². The maximum absolute atomic E-state index is 12.6. The van der Waals surface area contributed by atoms with Crippen molar-refractivity contribution >= 4 is 41.8 Å². The second-order valence-corrected chi connectivity index (χ2v) is 5.87. The molecule has 2 aromatic rings. The van der Waals surface area contributed by atoms with Crippen molar-refractivity contribution in [1.29, 1.82) is 0 Å². The lowest BCUT2D eigenvalue weighted by Gasteiger charge is -2.33. The van der Waals surface area contributed by atoms with Crippen LogP contribution in [-0.4, -0.2) is 51.2 Å². The van der Waals surface area contributed by atoms with Crippen molar-refractivity contribution in [2.24, 2.45) is 0 Å². The zero-order chi connectivity index (χ0) is 15.0. The summed E-state index contributed by atoms with van der Waals surface area (Å²) < 4.78 is 1.87. The largest absolute Gasteiger partial charge is 0.333 e. The van der Waals surface area contributed by atoms with Gasteiger partial charge in [-0.2, -0.15) is 5.10 Å². The molecule has 0 radical (unpaired) electrons. The molecule has 0 bridgehead atoms. The fourth-order valence-corrected chi connectivity index (χ4v) is 2.74. The predicted molar refractivity (Wildman–Crippen MR) is 95.8 cm³/mol. The molecular weight excluding hydrogens is 337 g/mol. The number of rotatable bonds is 2. The first-order chi connectivity index (χ1) is 10.1. The molecule has 1 aliphatic rings. The molecule has 1 atom stereocenters. The van der Waals surface area contributed by atoms with E-state index in [-0.39, 0.29) is 42.8 Å². The Morgan fingerprint density at radius 3 is 2.74 bits per heavy atom. The molecule has 0 aliphatic carbocycles. The molecule has 1 amide bonds. The number of amides is 1. The van der Waals surface area contributed by atoms with E-state index in [2.05, 4.69) is 36.2 Å². The van der Waals surface area contributed by atoms with Crippen LogP contribution >= 0.6 is 24.8 Å². The summed E-state index contributed by atoms with van der Waals surface area (Å²) in [6, 6.07) is 2.36. The van der Waals surface area contributed by atoms with Gasteiger partial charge in [0.05, 0.1) is 11.8 Å². The number of piperazine rings is 1. The number of halogens is 2. The van der Waals surface area contributed by atoms with Crippen LogP contribution < -0.4 is 5.32 Å². The number of hydrogen-bond donors (Lipinski definition) is 1. The van der Waals surface area contributed by atoms with Gasteiger partial charge in [0.25, 0.3) is 5.91 Å². The van der Waals surface area contributed by atoms with Crippen LogP contribution in [0.3, 0.4) is 0 Å². The average molecular weight is 360 g/mol. The minimum atomic E-state index is 0. The highest BCUT2D eigenvalue weighted by molar-refractivity contribution is 5.97. The molecule has 23 heavy (non-hydrogen) atoms. The van der Waals surface area contributed by atoms with Gasteiger partial charge < -0.3 is 10.2 Å². The molecule has 6 nitrogen and oxygen atoms in total. The lowest BCUT2D eigenvalue weighted by Crippen LogP contribution is -2.52. The molecule has 1 N–H and O–H groups in total. The maximum atomic E-state index is 12.6. The number of carbonyl (C=O) groups excluding carboxylic acids is 1. The number of pyridine rings is 1. The number of nitrogens with one attached hydrogen (secondary N) is 1. The molecule has 1 saturated heterocycles. The van der Waals surface area contributed by atoms with E-state index in [9.17, 15) is 4.79 Å². The molecule has 8 heteroatoms. The van der Waals surface area contributed by atoms with Gasteiger partial charge >= 0.3 is 0 Å². The third-order valence-corrected chi connectivity index (χ3v) is 3.93. The zero-order valence-electron chi connectivity index (χ0n) is 13.5. The Morgan fingerprint density at radius 2 is 2.09 bits per heavy atom. The number of nitrogens with zero attached hydrogens (tertiary/aromatic N) is 4. The molecule has 3 rings (SSSR count). The number of aromatic nitrogens is 3. The number of carbonyl (C=O) groups is 1. The van der Waals surface area contributed by atoms with Crippen molar-refractivity contribution < 1.29 is 4.79 Å². The van der Waals surface area contributed by atoms with Crippen molar-refractivity contribution in [3.05, 3.63) is 24.0 Å². The van der Waals surface area contributed by atoms with Crippen molar-refractivity contribution in [1.82, 2.24) is 25.0 Å². The minimum Gasteiger partial charge on any atom is -0.333 e. The lowest BCUT2D eigenvalue weighted by molar-refractivity contribution is 0.0655. The predicted octanol–water partition coefficient (Wildman–Crippen LogP) is 2.29. The molecule has 1 aliphatic heterocycles. The molecule has 3 heterocycles. The van der Waals surface area contributed by atoms with Crippen LogP contribution in [0.1, 0.15) is 37.2 Å². The standard InChI is InChI=1S/C15H21N5O.2ClH/c1-10(2)20-14-12(9-18-20)6-13(8-17-14)15(21)19-5-4-16-7-11(19)3;;/h6,8-11,16H,4-5,7H2,1-3H3;2*1H/t11-;;/m1../s1. The Morgan fingerprint density at radius 1 is 1.35 bits per heavy atom. The molecule has 0 saturated carbocycles. The highest BCUT2D eigenvalue weighted by atomic mass is 35.5. The molecule has 0 unspecified atom stereocenters. The van der Waals surface area contributed by atoms with E-state index in [0.717, 1.165) is 30.7 Å². The normalized spacial score (nSPS) is 17.7. The Balaban J connectivity index is 0.00000132. The monoisotopic (exact) mass is 359 g/mol. The van der Waals surface area contributed by atoms with Crippen molar-refractivity contribution in [2.45, 2.75) is 32.9 Å². The van der Waals surface area contributed by atoms with Gasteiger partial charge in [0.1, 0.15) is 0 Å². The van der Waals surface area contributed by atoms with Crippen LogP contribution in [0, 0.1) is 0 Å². The van der Waals surface area contributed by atoms with E-state index in [1.165, 1.54) is 0 Å². The van der Waals surface area contributed by atoms with Crippen LogP contribution in [0.15, 0.2) is 18.5 Å². The number of fused-ring (bicyclic) bond motifs is 1. The third kappa shape index (κ3) is 3.76. The summed E-state index contributed by atoms with van der Waals surface area (Å²) in [6.07, 6.45) is 3.44. The Labute approximate surface area is 148 Å². The average Bonchev–Trinajstić information content (AvgIpc) is 2.90. The van der Waals surface area contributed by atoms with Crippen molar-refractivity contribution in [3.63, 3.8) is 0 Å². The SMILES string of the molecule is CC(C)n1ncc2cc(C(=O)N3CCNC[C@H]3C)cnc21.Cl.Cl. The van der Waals surface area contributed by atoms with E-state index < -0.39 is 0 Å².